The summed E-state index contributed by atoms with van der Waals surface area (Å²) in [7, 11) is 1.83. The molecule has 0 aliphatic heterocycles. The zero-order valence-electron chi connectivity index (χ0n) is 13.7. The van der Waals surface area contributed by atoms with Crippen molar-refractivity contribution in [3.63, 3.8) is 0 Å². The lowest BCUT2D eigenvalue weighted by molar-refractivity contribution is -0.118. The molecule has 0 N–H and O–H groups in total. The summed E-state index contributed by atoms with van der Waals surface area (Å²) in [6.45, 7) is 0. The zero-order chi connectivity index (χ0) is 16.8. The molecule has 0 saturated carbocycles. The van der Waals surface area contributed by atoms with Crippen molar-refractivity contribution in [1.29, 1.82) is 0 Å². The van der Waals surface area contributed by atoms with E-state index in [2.05, 4.69) is 29.2 Å². The van der Waals surface area contributed by atoms with Gasteiger partial charge in [-0.1, -0.05) is 42.5 Å². The second-order valence-corrected chi connectivity index (χ2v) is 5.72. The third-order valence-electron chi connectivity index (χ3n) is 4.11. The molecule has 3 nitrogen and oxygen atoms in total. The zero-order valence-corrected chi connectivity index (χ0v) is 13.7. The van der Waals surface area contributed by atoms with E-state index in [1.165, 1.54) is 5.56 Å². The number of amides is 1. The van der Waals surface area contributed by atoms with Gasteiger partial charge in [0.2, 0.25) is 5.91 Å². The first kappa shape index (κ1) is 15.9. The van der Waals surface area contributed by atoms with E-state index in [0.29, 0.717) is 6.42 Å². The van der Waals surface area contributed by atoms with E-state index in [1.807, 2.05) is 49.5 Å². The first-order valence-electron chi connectivity index (χ1n) is 8.05. The van der Waals surface area contributed by atoms with Crippen LogP contribution in [0, 0.1) is 0 Å². The van der Waals surface area contributed by atoms with Gasteiger partial charge in [-0.3, -0.25) is 9.78 Å². The molecule has 0 fully saturated rings. The number of pyridine rings is 1. The lowest BCUT2D eigenvalue weighted by atomic mass is 10.1. The van der Waals surface area contributed by atoms with Gasteiger partial charge in [0.1, 0.15) is 0 Å². The fourth-order valence-corrected chi connectivity index (χ4v) is 2.62. The van der Waals surface area contributed by atoms with Crippen molar-refractivity contribution in [2.45, 2.75) is 12.8 Å². The third-order valence-corrected chi connectivity index (χ3v) is 4.11. The molecule has 3 heteroatoms. The molecule has 3 rings (SSSR count). The molecule has 0 radical (unpaired) electrons. The molecule has 1 heterocycles. The van der Waals surface area contributed by atoms with Gasteiger partial charge in [0.25, 0.3) is 0 Å². The van der Waals surface area contributed by atoms with Gasteiger partial charge in [-0.25, -0.2) is 0 Å². The van der Waals surface area contributed by atoms with Gasteiger partial charge >= 0.3 is 0 Å². The molecule has 24 heavy (non-hydrogen) atoms. The molecule has 0 aliphatic rings. The van der Waals surface area contributed by atoms with Crippen LogP contribution < -0.4 is 4.90 Å². The Morgan fingerprint density at radius 2 is 1.50 bits per heavy atom. The monoisotopic (exact) mass is 316 g/mol. The molecule has 0 aliphatic carbocycles. The van der Waals surface area contributed by atoms with Crippen molar-refractivity contribution >= 4 is 11.6 Å². The number of nitrogens with zero attached hydrogens (tertiary/aromatic N) is 2. The van der Waals surface area contributed by atoms with Crippen LogP contribution in [-0.4, -0.2) is 17.9 Å². The fourth-order valence-electron chi connectivity index (χ4n) is 2.62. The van der Waals surface area contributed by atoms with Gasteiger partial charge in [0.05, 0.1) is 0 Å². The maximum absolute atomic E-state index is 12.4. The molecule has 3 aromatic rings. The summed E-state index contributed by atoms with van der Waals surface area (Å²) in [6.07, 6.45) is 4.73. The van der Waals surface area contributed by atoms with Gasteiger partial charge in [-0.05, 0) is 47.4 Å². The minimum Gasteiger partial charge on any atom is -0.315 e. The number of rotatable bonds is 5. The number of benzene rings is 2. The summed E-state index contributed by atoms with van der Waals surface area (Å²) < 4.78 is 0. The van der Waals surface area contributed by atoms with Crippen LogP contribution in [0.5, 0.6) is 0 Å². The van der Waals surface area contributed by atoms with Crippen molar-refractivity contribution in [2.24, 2.45) is 0 Å². The average Bonchev–Trinajstić information content (AvgIpc) is 2.67. The molecule has 0 atom stereocenters. The van der Waals surface area contributed by atoms with E-state index in [-0.39, 0.29) is 5.91 Å². The Morgan fingerprint density at radius 1 is 0.875 bits per heavy atom. The number of anilines is 1. The largest absolute Gasteiger partial charge is 0.315 e. The van der Waals surface area contributed by atoms with E-state index in [0.717, 1.165) is 23.2 Å². The molecule has 0 saturated heterocycles. The summed E-state index contributed by atoms with van der Waals surface area (Å²) in [4.78, 5) is 18.1. The highest BCUT2D eigenvalue weighted by atomic mass is 16.2. The highest BCUT2D eigenvalue weighted by Gasteiger charge is 2.11. The standard InChI is InChI=1S/C21H20N2O/c1-23(21(24)12-7-17-13-15-22-16-14-17)20-10-8-19(9-11-20)18-5-3-2-4-6-18/h2-6,8-11,13-16H,7,12H2,1H3. The minimum atomic E-state index is 0.110. The molecule has 1 aromatic heterocycles. The van der Waals surface area contributed by atoms with E-state index < -0.39 is 0 Å². The minimum absolute atomic E-state index is 0.110. The number of carbonyl (C=O) groups excluding carboxylic acids is 1. The van der Waals surface area contributed by atoms with Gasteiger partial charge in [0, 0.05) is 31.5 Å². The molecule has 0 bridgehead atoms. The van der Waals surface area contributed by atoms with E-state index in [9.17, 15) is 4.79 Å². The van der Waals surface area contributed by atoms with Crippen LogP contribution in [0.1, 0.15) is 12.0 Å². The van der Waals surface area contributed by atoms with E-state index in [1.54, 1.807) is 17.3 Å². The molecule has 1 amide bonds. The number of aryl methyl sites for hydroxylation is 1. The van der Waals surface area contributed by atoms with Crippen molar-refractivity contribution in [1.82, 2.24) is 4.98 Å². The topological polar surface area (TPSA) is 33.2 Å². The first-order chi connectivity index (χ1) is 11.7. The Morgan fingerprint density at radius 3 is 2.17 bits per heavy atom. The Balaban J connectivity index is 1.64. The number of hydrogen-bond acceptors (Lipinski definition) is 2. The summed E-state index contributed by atoms with van der Waals surface area (Å²) in [5.74, 6) is 0.110. The Labute approximate surface area is 142 Å². The predicted octanol–water partition coefficient (Wildman–Crippen LogP) is 4.34. The summed E-state index contributed by atoms with van der Waals surface area (Å²) in [6, 6.07) is 22.2. The summed E-state index contributed by atoms with van der Waals surface area (Å²) in [5, 5.41) is 0. The van der Waals surface area contributed by atoms with Crippen LogP contribution in [0.15, 0.2) is 79.1 Å². The van der Waals surface area contributed by atoms with Crippen LogP contribution >= 0.6 is 0 Å². The van der Waals surface area contributed by atoms with Crippen molar-refractivity contribution in [3.8, 4) is 11.1 Å². The fraction of sp³-hybridized carbons (Fsp3) is 0.143. The highest BCUT2D eigenvalue weighted by molar-refractivity contribution is 5.93. The maximum atomic E-state index is 12.4. The SMILES string of the molecule is CN(C(=O)CCc1ccncc1)c1ccc(-c2ccccc2)cc1. The second-order valence-electron chi connectivity index (χ2n) is 5.72. The molecule has 120 valence electrons. The summed E-state index contributed by atoms with van der Waals surface area (Å²) in [5.41, 5.74) is 4.37. The van der Waals surface area contributed by atoms with E-state index >= 15 is 0 Å². The Hall–Kier alpha value is -2.94. The average molecular weight is 316 g/mol. The van der Waals surface area contributed by atoms with Crippen molar-refractivity contribution < 1.29 is 4.79 Å². The van der Waals surface area contributed by atoms with Crippen LogP contribution in [0.3, 0.4) is 0 Å². The number of hydrogen-bond donors (Lipinski definition) is 0. The third kappa shape index (κ3) is 3.87. The normalized spacial score (nSPS) is 10.4. The van der Waals surface area contributed by atoms with Crippen LogP contribution in [0.25, 0.3) is 11.1 Å². The van der Waals surface area contributed by atoms with Crippen LogP contribution in [0.2, 0.25) is 0 Å². The van der Waals surface area contributed by atoms with Gasteiger partial charge in [0.15, 0.2) is 0 Å². The Bertz CT molecular complexity index is 783. The Kier molecular flexibility index (Phi) is 5.02. The second kappa shape index (κ2) is 7.55. The first-order valence-corrected chi connectivity index (χ1v) is 8.05. The van der Waals surface area contributed by atoms with Gasteiger partial charge < -0.3 is 4.90 Å². The van der Waals surface area contributed by atoms with Gasteiger partial charge in [-0.2, -0.15) is 0 Å². The molecule has 0 spiro atoms. The smallest absolute Gasteiger partial charge is 0.227 e. The highest BCUT2D eigenvalue weighted by Crippen LogP contribution is 2.23. The maximum Gasteiger partial charge on any atom is 0.227 e. The molecule has 2 aromatic carbocycles. The number of carbonyl (C=O) groups is 1. The predicted molar refractivity (Wildman–Crippen MR) is 97.8 cm³/mol. The molecule has 0 unspecified atom stereocenters. The van der Waals surface area contributed by atoms with Crippen molar-refractivity contribution in [3.05, 3.63) is 84.7 Å². The van der Waals surface area contributed by atoms with Crippen LogP contribution in [-0.2, 0) is 11.2 Å². The summed E-state index contributed by atoms with van der Waals surface area (Å²) >= 11 is 0. The van der Waals surface area contributed by atoms with Gasteiger partial charge in [-0.15, -0.1) is 0 Å². The van der Waals surface area contributed by atoms with E-state index in [4.69, 9.17) is 0 Å². The molecular weight excluding hydrogens is 296 g/mol. The van der Waals surface area contributed by atoms with Crippen LogP contribution in [0.4, 0.5) is 5.69 Å². The van der Waals surface area contributed by atoms with Crippen molar-refractivity contribution in [2.75, 3.05) is 11.9 Å². The lowest BCUT2D eigenvalue weighted by Gasteiger charge is -2.18. The quantitative estimate of drug-likeness (QED) is 0.701. The number of aromatic nitrogens is 1. The molecular formula is C21H20N2O. The lowest BCUT2D eigenvalue weighted by Crippen LogP contribution is -2.26.